The Morgan fingerprint density at radius 3 is 2.10 bits per heavy atom. The van der Waals surface area contributed by atoms with Gasteiger partial charge in [-0.3, -0.25) is 0 Å². The normalized spacial score (nSPS) is 11.9. The third-order valence-corrected chi connectivity index (χ3v) is 10.1. The van der Waals surface area contributed by atoms with Crippen molar-refractivity contribution < 1.29 is 14.3 Å². The van der Waals surface area contributed by atoms with Gasteiger partial charge in [-0.15, -0.1) is 0 Å². The number of aromatic carboxylic acids is 1. The highest BCUT2D eigenvalue weighted by Gasteiger charge is 2.37. The maximum atomic E-state index is 11.0. The lowest BCUT2D eigenvalue weighted by Crippen LogP contribution is -2.40. The summed E-state index contributed by atoms with van der Waals surface area (Å²) in [5.74, 6) is 5.77. The fraction of sp³-hybridized carbons (Fsp3) is 0.400. The molecule has 0 aromatic heterocycles. The summed E-state index contributed by atoms with van der Waals surface area (Å²) in [5.41, 5.74) is 4.50. The number of carboxylic acids is 1. The number of carboxylic acid groups (broad SMARTS) is 1. The molecule has 0 aliphatic rings. The van der Waals surface area contributed by atoms with Crippen molar-refractivity contribution in [3.63, 3.8) is 0 Å². The number of benzene rings is 2. The lowest BCUT2D eigenvalue weighted by Gasteiger charge is -2.36. The molecule has 2 aromatic carbocycles. The van der Waals surface area contributed by atoms with Crippen LogP contribution in [0.2, 0.25) is 18.1 Å². The Labute approximate surface area is 176 Å². The molecule has 1 N–H and O–H groups in total. The Bertz CT molecular complexity index is 923. The first kappa shape index (κ1) is 22.9. The van der Waals surface area contributed by atoms with Gasteiger partial charge >= 0.3 is 5.97 Å². The summed E-state index contributed by atoms with van der Waals surface area (Å²) in [6.07, 6.45) is 0. The second-order valence-electron chi connectivity index (χ2n) is 9.25. The fourth-order valence-electron chi connectivity index (χ4n) is 2.66. The van der Waals surface area contributed by atoms with Crippen molar-refractivity contribution >= 4 is 14.3 Å². The molecule has 0 atom stereocenters. The second kappa shape index (κ2) is 8.98. The molecule has 29 heavy (non-hydrogen) atoms. The van der Waals surface area contributed by atoms with Gasteiger partial charge in [-0.05, 0) is 71.6 Å². The topological polar surface area (TPSA) is 46.5 Å². The van der Waals surface area contributed by atoms with Gasteiger partial charge in [0.25, 0.3) is 0 Å². The molecule has 0 aliphatic heterocycles. The lowest BCUT2D eigenvalue weighted by atomic mass is 9.95. The van der Waals surface area contributed by atoms with Crippen LogP contribution < -0.4 is 0 Å². The number of carbonyl (C=O) groups is 1. The van der Waals surface area contributed by atoms with E-state index in [1.165, 1.54) is 11.1 Å². The number of hydrogen-bond acceptors (Lipinski definition) is 2. The van der Waals surface area contributed by atoms with Gasteiger partial charge in [0.1, 0.15) is 0 Å². The van der Waals surface area contributed by atoms with E-state index < -0.39 is 14.3 Å². The van der Waals surface area contributed by atoms with Gasteiger partial charge in [0.15, 0.2) is 8.32 Å². The summed E-state index contributed by atoms with van der Waals surface area (Å²) in [6.45, 7) is 16.3. The maximum Gasteiger partial charge on any atom is 0.335 e. The van der Waals surface area contributed by atoms with Crippen LogP contribution in [-0.4, -0.2) is 19.4 Å². The van der Waals surface area contributed by atoms with Crippen molar-refractivity contribution in [2.24, 2.45) is 0 Å². The molecular formula is C25H32O3Si. The van der Waals surface area contributed by atoms with E-state index in [9.17, 15) is 4.79 Å². The van der Waals surface area contributed by atoms with Gasteiger partial charge in [-0.25, -0.2) is 4.79 Å². The molecule has 3 nitrogen and oxygen atoms in total. The van der Waals surface area contributed by atoms with Crippen molar-refractivity contribution in [2.45, 2.75) is 65.3 Å². The van der Waals surface area contributed by atoms with Gasteiger partial charge in [0.2, 0.25) is 0 Å². The Kier molecular flexibility index (Phi) is 7.10. The first-order chi connectivity index (χ1) is 13.4. The quantitative estimate of drug-likeness (QED) is 0.458. The average molecular weight is 409 g/mol. The highest BCUT2D eigenvalue weighted by molar-refractivity contribution is 6.74. The summed E-state index contributed by atoms with van der Waals surface area (Å²) in [5, 5.41) is 9.17. The maximum absolute atomic E-state index is 11.0. The van der Waals surface area contributed by atoms with Crippen molar-refractivity contribution in [2.75, 3.05) is 0 Å². The molecule has 0 saturated carbocycles. The highest BCUT2D eigenvalue weighted by atomic mass is 28.4. The van der Waals surface area contributed by atoms with Crippen molar-refractivity contribution in [1.82, 2.24) is 0 Å². The van der Waals surface area contributed by atoms with E-state index in [1.807, 2.05) is 6.07 Å². The molecule has 0 bridgehead atoms. The molecule has 2 aromatic rings. The zero-order valence-corrected chi connectivity index (χ0v) is 19.6. The zero-order chi connectivity index (χ0) is 21.8. The number of rotatable bonds is 5. The summed E-state index contributed by atoms with van der Waals surface area (Å²) in [6, 6.07) is 12.9. The minimum absolute atomic E-state index is 0.187. The largest absolute Gasteiger partial charge is 0.478 e. The van der Waals surface area contributed by atoms with Gasteiger partial charge in [0.05, 0.1) is 12.2 Å². The molecule has 0 radical (unpaired) electrons. The first-order valence-corrected chi connectivity index (χ1v) is 12.9. The van der Waals surface area contributed by atoms with Gasteiger partial charge in [-0.1, -0.05) is 52.5 Å². The van der Waals surface area contributed by atoms with E-state index in [4.69, 9.17) is 9.53 Å². The SMILES string of the molecule is CC(C)c1cc(C#Cc2ccc(C(=O)O)cc2)ccc1CO[Si](C)(C)C(C)(C)C. The Morgan fingerprint density at radius 2 is 1.59 bits per heavy atom. The van der Waals surface area contributed by atoms with Crippen LogP contribution in [-0.2, 0) is 11.0 Å². The average Bonchev–Trinajstić information content (AvgIpc) is 2.64. The molecule has 0 saturated heterocycles. The van der Waals surface area contributed by atoms with Gasteiger partial charge in [-0.2, -0.15) is 0 Å². The molecule has 0 heterocycles. The summed E-state index contributed by atoms with van der Waals surface area (Å²) in [4.78, 5) is 11.0. The highest BCUT2D eigenvalue weighted by Crippen LogP contribution is 2.37. The molecule has 4 heteroatoms. The monoisotopic (exact) mass is 408 g/mol. The van der Waals surface area contributed by atoms with E-state index >= 15 is 0 Å². The molecule has 2 rings (SSSR count). The van der Waals surface area contributed by atoms with E-state index in [0.717, 1.165) is 11.1 Å². The van der Waals surface area contributed by atoms with E-state index in [0.29, 0.717) is 12.5 Å². The standard InChI is InChI=1S/C25H32O3Si/c1-18(2)23-16-20(9-8-19-10-13-21(14-11-19)24(26)27)12-15-22(23)17-28-29(6,7)25(3,4)5/h10-16,18H,17H2,1-7H3,(H,26,27). The van der Waals surface area contributed by atoms with Crippen LogP contribution in [0.4, 0.5) is 0 Å². The summed E-state index contributed by atoms with van der Waals surface area (Å²) >= 11 is 0. The molecule has 0 aliphatic carbocycles. The fourth-order valence-corrected chi connectivity index (χ4v) is 3.61. The Morgan fingerprint density at radius 1 is 1.03 bits per heavy atom. The first-order valence-electron chi connectivity index (χ1n) is 10.0. The summed E-state index contributed by atoms with van der Waals surface area (Å²) < 4.78 is 6.43. The third kappa shape index (κ3) is 6.06. The van der Waals surface area contributed by atoms with Gasteiger partial charge < -0.3 is 9.53 Å². The van der Waals surface area contributed by atoms with Crippen molar-refractivity contribution in [1.29, 1.82) is 0 Å². The van der Waals surface area contributed by atoms with Crippen LogP contribution in [0.1, 0.15) is 73.1 Å². The molecule has 0 amide bonds. The molecule has 0 fully saturated rings. The third-order valence-electron chi connectivity index (χ3n) is 5.65. The van der Waals surface area contributed by atoms with Crippen LogP contribution in [0, 0.1) is 11.8 Å². The minimum atomic E-state index is -1.80. The smallest absolute Gasteiger partial charge is 0.335 e. The van der Waals surface area contributed by atoms with Crippen molar-refractivity contribution in [3.8, 4) is 11.8 Å². The van der Waals surface area contributed by atoms with Crippen LogP contribution in [0.5, 0.6) is 0 Å². The minimum Gasteiger partial charge on any atom is -0.478 e. The second-order valence-corrected chi connectivity index (χ2v) is 14.1. The van der Waals surface area contributed by atoms with Crippen LogP contribution in [0.3, 0.4) is 0 Å². The molecular weight excluding hydrogens is 376 g/mol. The molecule has 154 valence electrons. The number of hydrogen-bond donors (Lipinski definition) is 1. The van der Waals surface area contributed by atoms with E-state index in [1.54, 1.807) is 24.3 Å². The summed E-state index contributed by atoms with van der Waals surface area (Å²) in [7, 11) is -1.80. The predicted octanol–water partition coefficient (Wildman–Crippen LogP) is 6.43. The van der Waals surface area contributed by atoms with E-state index in [2.05, 4.69) is 71.7 Å². The van der Waals surface area contributed by atoms with Crippen LogP contribution in [0.15, 0.2) is 42.5 Å². The van der Waals surface area contributed by atoms with E-state index in [-0.39, 0.29) is 10.6 Å². The van der Waals surface area contributed by atoms with Crippen molar-refractivity contribution in [3.05, 3.63) is 70.3 Å². The van der Waals surface area contributed by atoms with Gasteiger partial charge in [0, 0.05) is 11.1 Å². The zero-order valence-electron chi connectivity index (χ0n) is 18.6. The van der Waals surface area contributed by atoms with Crippen LogP contribution >= 0.6 is 0 Å². The molecule has 0 spiro atoms. The Hall–Kier alpha value is -2.35. The lowest BCUT2D eigenvalue weighted by molar-refractivity contribution is 0.0697. The predicted molar refractivity (Wildman–Crippen MR) is 122 cm³/mol. The molecule has 0 unspecified atom stereocenters. The van der Waals surface area contributed by atoms with Crippen LogP contribution in [0.25, 0.3) is 0 Å². The Balaban J connectivity index is 2.23.